The Morgan fingerprint density at radius 3 is 2.38 bits per heavy atom. The van der Waals surface area contributed by atoms with Crippen LogP contribution in [0.3, 0.4) is 0 Å². The van der Waals surface area contributed by atoms with Crippen LogP contribution in [0.15, 0.2) is 30.3 Å². The molecule has 0 spiro atoms. The Bertz CT molecular complexity index is 519. The van der Waals surface area contributed by atoms with Crippen molar-refractivity contribution in [2.45, 2.75) is 38.7 Å². The molecule has 2 amide bonds. The summed E-state index contributed by atoms with van der Waals surface area (Å²) in [6, 6.07) is 9.45. The van der Waals surface area contributed by atoms with Gasteiger partial charge in [0.1, 0.15) is 13.2 Å². The SMILES string of the molecule is O=C(O)CNC(=O)CCCCCCNC(=O)OCc1ccccc1. The molecule has 0 aliphatic carbocycles. The van der Waals surface area contributed by atoms with Crippen LogP contribution in [0.25, 0.3) is 0 Å². The molecule has 1 aromatic carbocycles. The van der Waals surface area contributed by atoms with Gasteiger partial charge in [-0.3, -0.25) is 9.59 Å². The van der Waals surface area contributed by atoms with E-state index in [4.69, 9.17) is 9.84 Å². The maximum Gasteiger partial charge on any atom is 0.407 e. The monoisotopic (exact) mass is 336 g/mol. The molecular weight excluding hydrogens is 312 g/mol. The zero-order valence-electron chi connectivity index (χ0n) is 13.6. The van der Waals surface area contributed by atoms with Crippen LogP contribution in [0.2, 0.25) is 0 Å². The summed E-state index contributed by atoms with van der Waals surface area (Å²) in [6.45, 7) is 0.435. The number of aliphatic carboxylic acids is 1. The molecule has 24 heavy (non-hydrogen) atoms. The van der Waals surface area contributed by atoms with Crippen molar-refractivity contribution in [2.24, 2.45) is 0 Å². The summed E-state index contributed by atoms with van der Waals surface area (Å²) in [5.41, 5.74) is 0.939. The van der Waals surface area contributed by atoms with Crippen LogP contribution in [0.5, 0.6) is 0 Å². The number of hydrogen-bond acceptors (Lipinski definition) is 4. The molecule has 0 aromatic heterocycles. The third-order valence-corrected chi connectivity index (χ3v) is 3.25. The lowest BCUT2D eigenvalue weighted by Gasteiger charge is -2.07. The predicted octanol–water partition coefficient (Wildman–Crippen LogP) is 2.06. The van der Waals surface area contributed by atoms with Crippen molar-refractivity contribution in [2.75, 3.05) is 13.1 Å². The minimum Gasteiger partial charge on any atom is -0.480 e. The van der Waals surface area contributed by atoms with Gasteiger partial charge >= 0.3 is 12.1 Å². The van der Waals surface area contributed by atoms with Gasteiger partial charge in [0.2, 0.25) is 5.91 Å². The molecule has 0 aliphatic rings. The topological polar surface area (TPSA) is 105 Å². The maximum absolute atomic E-state index is 11.5. The first kappa shape index (κ1) is 19.5. The molecule has 0 heterocycles. The smallest absolute Gasteiger partial charge is 0.407 e. The first-order valence-corrected chi connectivity index (χ1v) is 8.01. The Kier molecular flexibility index (Phi) is 9.68. The highest BCUT2D eigenvalue weighted by Crippen LogP contribution is 2.03. The molecule has 1 rings (SSSR count). The predicted molar refractivity (Wildman–Crippen MR) is 88.4 cm³/mol. The van der Waals surface area contributed by atoms with Crippen molar-refractivity contribution in [3.05, 3.63) is 35.9 Å². The highest BCUT2D eigenvalue weighted by Gasteiger charge is 2.04. The zero-order chi connectivity index (χ0) is 17.6. The third-order valence-electron chi connectivity index (χ3n) is 3.25. The van der Waals surface area contributed by atoms with Gasteiger partial charge in [0.15, 0.2) is 0 Å². The van der Waals surface area contributed by atoms with Gasteiger partial charge in [-0.25, -0.2) is 4.79 Å². The summed E-state index contributed by atoms with van der Waals surface area (Å²) in [4.78, 5) is 33.0. The van der Waals surface area contributed by atoms with Crippen molar-refractivity contribution >= 4 is 18.0 Å². The Morgan fingerprint density at radius 2 is 1.67 bits per heavy atom. The van der Waals surface area contributed by atoms with Crippen molar-refractivity contribution in [3.63, 3.8) is 0 Å². The van der Waals surface area contributed by atoms with Gasteiger partial charge in [-0.15, -0.1) is 0 Å². The molecule has 0 saturated heterocycles. The Hall–Kier alpha value is -2.57. The molecule has 0 aliphatic heterocycles. The number of hydrogen-bond donors (Lipinski definition) is 3. The van der Waals surface area contributed by atoms with E-state index in [-0.39, 0.29) is 19.1 Å². The number of alkyl carbamates (subject to hydrolysis) is 1. The van der Waals surface area contributed by atoms with Crippen LogP contribution in [-0.4, -0.2) is 36.2 Å². The second-order valence-corrected chi connectivity index (χ2v) is 5.32. The summed E-state index contributed by atoms with van der Waals surface area (Å²) in [7, 11) is 0. The van der Waals surface area contributed by atoms with Gasteiger partial charge in [0, 0.05) is 13.0 Å². The Labute approximate surface area is 141 Å². The van der Waals surface area contributed by atoms with Crippen LogP contribution < -0.4 is 10.6 Å². The molecule has 132 valence electrons. The van der Waals surface area contributed by atoms with Crippen LogP contribution >= 0.6 is 0 Å². The minimum absolute atomic E-state index is 0.248. The van der Waals surface area contributed by atoms with Crippen LogP contribution in [-0.2, 0) is 20.9 Å². The lowest BCUT2D eigenvalue weighted by Crippen LogP contribution is -2.28. The van der Waals surface area contributed by atoms with E-state index in [0.29, 0.717) is 19.4 Å². The molecule has 7 nitrogen and oxygen atoms in total. The number of carboxylic acid groups (broad SMARTS) is 1. The molecule has 0 bridgehead atoms. The summed E-state index contributed by atoms with van der Waals surface area (Å²) in [5, 5.41) is 13.4. The molecule has 0 saturated carbocycles. The van der Waals surface area contributed by atoms with E-state index in [1.165, 1.54) is 0 Å². The standard InChI is InChI=1S/C17H24N2O5/c20-15(19-12-16(21)22)10-6-1-2-7-11-18-17(23)24-13-14-8-4-3-5-9-14/h3-5,8-9H,1-2,6-7,10-13H2,(H,18,23)(H,19,20)(H,21,22). The second kappa shape index (κ2) is 11.9. The molecule has 3 N–H and O–H groups in total. The van der Waals surface area contributed by atoms with E-state index in [9.17, 15) is 14.4 Å². The third kappa shape index (κ3) is 10.2. The molecule has 0 radical (unpaired) electrons. The normalized spacial score (nSPS) is 10.0. The van der Waals surface area contributed by atoms with Gasteiger partial charge in [0.05, 0.1) is 0 Å². The molecule has 7 heteroatoms. The minimum atomic E-state index is -1.05. The number of carbonyl (C=O) groups excluding carboxylic acids is 2. The van der Waals surface area contributed by atoms with E-state index in [0.717, 1.165) is 24.8 Å². The lowest BCUT2D eigenvalue weighted by atomic mass is 10.1. The molecule has 0 fully saturated rings. The first-order valence-electron chi connectivity index (χ1n) is 8.01. The average Bonchev–Trinajstić information content (AvgIpc) is 2.58. The number of ether oxygens (including phenoxy) is 1. The number of benzene rings is 1. The number of rotatable bonds is 11. The van der Waals surface area contributed by atoms with Gasteiger partial charge in [-0.05, 0) is 18.4 Å². The Balaban J connectivity index is 1.93. The number of unbranched alkanes of at least 4 members (excludes halogenated alkanes) is 3. The van der Waals surface area contributed by atoms with Crippen LogP contribution in [0.1, 0.15) is 37.7 Å². The number of amides is 2. The molecule has 0 unspecified atom stereocenters. The fourth-order valence-corrected chi connectivity index (χ4v) is 1.99. The van der Waals surface area contributed by atoms with Crippen LogP contribution in [0.4, 0.5) is 4.79 Å². The highest BCUT2D eigenvalue weighted by molar-refractivity contribution is 5.80. The summed E-state index contributed by atoms with van der Waals surface area (Å²) >= 11 is 0. The Morgan fingerprint density at radius 1 is 0.958 bits per heavy atom. The molecule has 1 aromatic rings. The molecular formula is C17H24N2O5. The van der Waals surface area contributed by atoms with E-state index < -0.39 is 12.1 Å². The van der Waals surface area contributed by atoms with Gasteiger partial charge in [0.25, 0.3) is 0 Å². The first-order chi connectivity index (χ1) is 11.6. The van der Waals surface area contributed by atoms with Crippen molar-refractivity contribution in [3.8, 4) is 0 Å². The van der Waals surface area contributed by atoms with E-state index in [1.807, 2.05) is 30.3 Å². The fourth-order valence-electron chi connectivity index (χ4n) is 1.99. The highest BCUT2D eigenvalue weighted by atomic mass is 16.5. The van der Waals surface area contributed by atoms with Crippen molar-refractivity contribution in [1.29, 1.82) is 0 Å². The summed E-state index contributed by atoms with van der Waals surface area (Å²) < 4.78 is 5.08. The largest absolute Gasteiger partial charge is 0.480 e. The van der Waals surface area contributed by atoms with Gasteiger partial charge < -0.3 is 20.5 Å². The van der Waals surface area contributed by atoms with Crippen molar-refractivity contribution < 1.29 is 24.2 Å². The summed E-state index contributed by atoms with van der Waals surface area (Å²) in [6.07, 6.45) is 3.11. The lowest BCUT2D eigenvalue weighted by molar-refractivity contribution is -0.137. The number of carboxylic acids is 1. The second-order valence-electron chi connectivity index (χ2n) is 5.32. The molecule has 0 atom stereocenters. The summed E-state index contributed by atoms with van der Waals surface area (Å²) in [5.74, 6) is -1.30. The van der Waals surface area contributed by atoms with E-state index in [1.54, 1.807) is 0 Å². The van der Waals surface area contributed by atoms with Crippen LogP contribution in [0, 0.1) is 0 Å². The van der Waals surface area contributed by atoms with Gasteiger partial charge in [-0.1, -0.05) is 43.2 Å². The quantitative estimate of drug-likeness (QED) is 0.537. The fraction of sp³-hybridized carbons (Fsp3) is 0.471. The van der Waals surface area contributed by atoms with Gasteiger partial charge in [-0.2, -0.15) is 0 Å². The zero-order valence-corrected chi connectivity index (χ0v) is 13.6. The van der Waals surface area contributed by atoms with Crippen molar-refractivity contribution in [1.82, 2.24) is 10.6 Å². The average molecular weight is 336 g/mol. The number of nitrogens with one attached hydrogen (secondary N) is 2. The maximum atomic E-state index is 11.5. The van der Waals surface area contributed by atoms with E-state index >= 15 is 0 Å². The number of carbonyl (C=O) groups is 3. The van der Waals surface area contributed by atoms with E-state index in [2.05, 4.69) is 10.6 Å².